The van der Waals surface area contributed by atoms with Gasteiger partial charge in [-0.15, -0.1) is 0 Å². The molecule has 0 fully saturated rings. The van der Waals surface area contributed by atoms with E-state index in [0.29, 0.717) is 24.3 Å². The van der Waals surface area contributed by atoms with Crippen LogP contribution in [0.5, 0.6) is 0 Å². The molecule has 0 aliphatic heterocycles. The van der Waals surface area contributed by atoms with Crippen LogP contribution in [0.2, 0.25) is 0 Å². The third kappa shape index (κ3) is 6.08. The summed E-state index contributed by atoms with van der Waals surface area (Å²) in [7, 11) is -1.64. The van der Waals surface area contributed by atoms with Crippen LogP contribution in [0.3, 0.4) is 0 Å². The first-order chi connectivity index (χ1) is 14.9. The number of nitrogens with zero attached hydrogens (tertiary/aromatic N) is 2. The number of carbonyl (C=O) groups excluding carboxylic acids is 1. The van der Waals surface area contributed by atoms with Crippen molar-refractivity contribution in [2.75, 3.05) is 35.6 Å². The average Bonchev–Trinajstić information content (AvgIpc) is 2.78. The fraction of sp³-hybridized carbons (Fsp3) is 0.208. The molecule has 0 saturated heterocycles. The lowest BCUT2D eigenvalue weighted by molar-refractivity contribution is 0.0955. The van der Waals surface area contributed by atoms with Gasteiger partial charge in [-0.3, -0.25) is 9.10 Å². The highest BCUT2D eigenvalue weighted by Crippen LogP contribution is 2.25. The van der Waals surface area contributed by atoms with Crippen LogP contribution in [0.4, 0.5) is 11.4 Å². The van der Waals surface area contributed by atoms with Crippen molar-refractivity contribution < 1.29 is 13.2 Å². The Kier molecular flexibility index (Phi) is 7.31. The number of benzene rings is 3. The summed E-state index contributed by atoms with van der Waals surface area (Å²) in [6, 6.07) is 26.0. The maximum Gasteiger partial charge on any atom is 0.253 e. The lowest BCUT2D eigenvalue weighted by Crippen LogP contribution is -2.35. The standard InChI is InChI=1S/C24H27N3O3S/c1-26(21-13-7-4-8-14-21)18-17-25-24(28)22-15-9-10-16-23(22)27(31(2,29)30)19-20-11-5-3-6-12-20/h3-16H,17-19H2,1-2H3,(H,25,28). The monoisotopic (exact) mass is 437 g/mol. The number of carbonyl (C=O) groups is 1. The van der Waals surface area contributed by atoms with Crippen molar-refractivity contribution in [1.82, 2.24) is 5.32 Å². The second-order valence-corrected chi connectivity index (χ2v) is 9.19. The second-order valence-electron chi connectivity index (χ2n) is 7.29. The molecule has 0 aliphatic rings. The van der Waals surface area contributed by atoms with Crippen LogP contribution < -0.4 is 14.5 Å². The van der Waals surface area contributed by atoms with E-state index in [1.165, 1.54) is 4.31 Å². The molecule has 3 aromatic rings. The zero-order valence-corrected chi connectivity index (χ0v) is 18.5. The molecule has 0 atom stereocenters. The minimum Gasteiger partial charge on any atom is -0.373 e. The van der Waals surface area contributed by atoms with Gasteiger partial charge >= 0.3 is 0 Å². The lowest BCUT2D eigenvalue weighted by atomic mass is 10.1. The van der Waals surface area contributed by atoms with Crippen molar-refractivity contribution in [2.45, 2.75) is 6.54 Å². The third-order valence-corrected chi connectivity index (χ3v) is 6.04. The Morgan fingerprint density at radius 3 is 2.10 bits per heavy atom. The predicted octanol–water partition coefficient (Wildman–Crippen LogP) is 3.52. The first-order valence-corrected chi connectivity index (χ1v) is 11.9. The van der Waals surface area contributed by atoms with E-state index >= 15 is 0 Å². The molecule has 0 heterocycles. The molecule has 0 bridgehead atoms. The molecule has 7 heteroatoms. The van der Waals surface area contributed by atoms with E-state index in [2.05, 4.69) is 5.32 Å². The van der Waals surface area contributed by atoms with Crippen LogP contribution in [-0.4, -0.2) is 40.7 Å². The fourth-order valence-corrected chi connectivity index (χ4v) is 4.16. The molecule has 0 spiro atoms. The summed E-state index contributed by atoms with van der Waals surface area (Å²) < 4.78 is 26.4. The number of rotatable bonds is 9. The smallest absolute Gasteiger partial charge is 0.253 e. The van der Waals surface area contributed by atoms with Gasteiger partial charge in [0.1, 0.15) is 0 Å². The molecule has 3 rings (SSSR count). The summed E-state index contributed by atoms with van der Waals surface area (Å²) in [5, 5.41) is 2.91. The largest absolute Gasteiger partial charge is 0.373 e. The first-order valence-electron chi connectivity index (χ1n) is 10.0. The van der Waals surface area contributed by atoms with Crippen LogP contribution in [-0.2, 0) is 16.6 Å². The summed E-state index contributed by atoms with van der Waals surface area (Å²) in [6.07, 6.45) is 1.15. The van der Waals surface area contributed by atoms with Gasteiger partial charge in [0.05, 0.1) is 24.1 Å². The molecule has 0 aliphatic carbocycles. The molecule has 0 saturated carbocycles. The molecule has 0 aromatic heterocycles. The topological polar surface area (TPSA) is 69.7 Å². The molecular formula is C24H27N3O3S. The maximum absolute atomic E-state index is 12.9. The van der Waals surface area contributed by atoms with Gasteiger partial charge in [-0.2, -0.15) is 0 Å². The summed E-state index contributed by atoms with van der Waals surface area (Å²) in [5.74, 6) is -0.307. The minimum absolute atomic E-state index is 0.153. The molecule has 31 heavy (non-hydrogen) atoms. The predicted molar refractivity (Wildman–Crippen MR) is 126 cm³/mol. The Hall–Kier alpha value is -3.32. The number of likely N-dealkylation sites (N-methyl/N-ethyl adjacent to an activating group) is 1. The Labute approximate surface area is 184 Å². The van der Waals surface area contributed by atoms with Crippen molar-refractivity contribution in [3.63, 3.8) is 0 Å². The van der Waals surface area contributed by atoms with E-state index in [4.69, 9.17) is 0 Å². The Balaban J connectivity index is 1.75. The zero-order valence-electron chi connectivity index (χ0n) is 17.7. The molecule has 3 aromatic carbocycles. The van der Waals surface area contributed by atoms with Crippen molar-refractivity contribution >= 4 is 27.3 Å². The molecule has 1 N–H and O–H groups in total. The number of hydrogen-bond donors (Lipinski definition) is 1. The summed E-state index contributed by atoms with van der Waals surface area (Å²) in [4.78, 5) is 15.0. The Morgan fingerprint density at radius 2 is 1.45 bits per heavy atom. The number of anilines is 2. The second kappa shape index (κ2) is 10.1. The number of nitrogens with one attached hydrogen (secondary N) is 1. The Bertz CT molecular complexity index is 1100. The van der Waals surface area contributed by atoms with Crippen LogP contribution in [0, 0.1) is 0 Å². The first kappa shape index (κ1) is 22.4. The van der Waals surface area contributed by atoms with Gasteiger partial charge in [0.25, 0.3) is 5.91 Å². The van der Waals surface area contributed by atoms with Crippen molar-refractivity contribution in [3.05, 3.63) is 96.1 Å². The van der Waals surface area contributed by atoms with Crippen LogP contribution >= 0.6 is 0 Å². The number of hydrogen-bond acceptors (Lipinski definition) is 4. The van der Waals surface area contributed by atoms with E-state index in [1.807, 2.05) is 72.6 Å². The highest BCUT2D eigenvalue weighted by Gasteiger charge is 2.23. The summed E-state index contributed by atoms with van der Waals surface area (Å²) in [5.41, 5.74) is 2.59. The zero-order chi connectivity index (χ0) is 22.3. The molecule has 162 valence electrons. The van der Waals surface area contributed by atoms with Crippen LogP contribution in [0.1, 0.15) is 15.9 Å². The average molecular weight is 438 g/mol. The highest BCUT2D eigenvalue weighted by atomic mass is 32.2. The van der Waals surface area contributed by atoms with Gasteiger partial charge in [0, 0.05) is 25.8 Å². The van der Waals surface area contributed by atoms with Gasteiger partial charge in [-0.25, -0.2) is 8.42 Å². The summed E-state index contributed by atoms with van der Waals surface area (Å²) >= 11 is 0. The normalized spacial score (nSPS) is 11.0. The van der Waals surface area contributed by atoms with Gasteiger partial charge in [-0.05, 0) is 29.8 Å². The number of amides is 1. The van der Waals surface area contributed by atoms with Crippen molar-refractivity contribution in [3.8, 4) is 0 Å². The molecule has 0 radical (unpaired) electrons. The van der Waals surface area contributed by atoms with E-state index in [1.54, 1.807) is 24.3 Å². The van der Waals surface area contributed by atoms with Crippen LogP contribution in [0.25, 0.3) is 0 Å². The number of para-hydroxylation sites is 2. The molecule has 1 amide bonds. The van der Waals surface area contributed by atoms with Gasteiger partial charge in [0.2, 0.25) is 10.0 Å². The van der Waals surface area contributed by atoms with E-state index in [9.17, 15) is 13.2 Å². The molecule has 0 unspecified atom stereocenters. The SMILES string of the molecule is CN(CCNC(=O)c1ccccc1N(Cc1ccccc1)S(C)(=O)=O)c1ccccc1. The third-order valence-electron chi connectivity index (χ3n) is 4.92. The highest BCUT2D eigenvalue weighted by molar-refractivity contribution is 7.92. The molecular weight excluding hydrogens is 410 g/mol. The van der Waals surface area contributed by atoms with Gasteiger partial charge < -0.3 is 10.2 Å². The van der Waals surface area contributed by atoms with Crippen molar-refractivity contribution in [1.29, 1.82) is 0 Å². The fourth-order valence-electron chi connectivity index (χ4n) is 3.26. The van der Waals surface area contributed by atoms with Crippen LogP contribution in [0.15, 0.2) is 84.9 Å². The van der Waals surface area contributed by atoms with E-state index < -0.39 is 10.0 Å². The van der Waals surface area contributed by atoms with E-state index in [0.717, 1.165) is 17.5 Å². The van der Waals surface area contributed by atoms with E-state index in [-0.39, 0.29) is 12.5 Å². The summed E-state index contributed by atoms with van der Waals surface area (Å²) in [6.45, 7) is 1.20. The Morgan fingerprint density at radius 1 is 0.871 bits per heavy atom. The van der Waals surface area contributed by atoms with Gasteiger partial charge in [0.15, 0.2) is 0 Å². The molecule has 6 nitrogen and oxygen atoms in total. The quantitative estimate of drug-likeness (QED) is 0.556. The lowest BCUT2D eigenvalue weighted by Gasteiger charge is -2.25. The van der Waals surface area contributed by atoms with Crippen molar-refractivity contribution in [2.24, 2.45) is 0 Å². The van der Waals surface area contributed by atoms with Gasteiger partial charge in [-0.1, -0.05) is 60.7 Å². The minimum atomic E-state index is -3.60. The maximum atomic E-state index is 12.9. The number of sulfonamides is 1.